The molecule has 4 heteroatoms. The molecule has 0 radical (unpaired) electrons. The Balaban J connectivity index is 1.81. The van der Waals surface area contributed by atoms with Crippen molar-refractivity contribution in [3.63, 3.8) is 0 Å². The lowest BCUT2D eigenvalue weighted by atomic mass is 9.79. The van der Waals surface area contributed by atoms with Crippen molar-refractivity contribution < 1.29 is 4.79 Å². The Labute approximate surface area is 128 Å². The maximum Gasteiger partial charge on any atom is 0.222 e. The lowest BCUT2D eigenvalue weighted by Gasteiger charge is -2.37. The van der Waals surface area contributed by atoms with Gasteiger partial charge in [0.2, 0.25) is 5.91 Å². The van der Waals surface area contributed by atoms with Crippen LogP contribution in [-0.2, 0) is 4.79 Å². The van der Waals surface area contributed by atoms with E-state index in [0.717, 1.165) is 30.9 Å². The van der Waals surface area contributed by atoms with Crippen LogP contribution in [0.3, 0.4) is 0 Å². The second-order valence-electron chi connectivity index (χ2n) is 6.56. The van der Waals surface area contributed by atoms with Gasteiger partial charge in [0.25, 0.3) is 0 Å². The van der Waals surface area contributed by atoms with E-state index in [1.165, 1.54) is 32.1 Å². The molecule has 0 heterocycles. The van der Waals surface area contributed by atoms with Gasteiger partial charge in [-0.1, -0.05) is 25.7 Å². The minimum atomic E-state index is 0.0654. The van der Waals surface area contributed by atoms with Crippen molar-refractivity contribution in [3.8, 4) is 0 Å². The summed E-state index contributed by atoms with van der Waals surface area (Å²) in [5.41, 5.74) is 0.0654. The van der Waals surface area contributed by atoms with Crippen molar-refractivity contribution >= 4 is 17.7 Å². The normalized spacial score (nSPS) is 29.9. The second kappa shape index (κ2) is 7.69. The summed E-state index contributed by atoms with van der Waals surface area (Å²) < 4.78 is 0. The molecule has 2 rings (SSSR count). The fraction of sp³-hybridized carbons (Fsp3) is 0.938. The minimum absolute atomic E-state index is 0.0654. The molecule has 3 nitrogen and oxygen atoms in total. The van der Waals surface area contributed by atoms with E-state index >= 15 is 0 Å². The minimum Gasteiger partial charge on any atom is -0.353 e. The lowest BCUT2D eigenvalue weighted by molar-refractivity contribution is -0.123. The van der Waals surface area contributed by atoms with E-state index < -0.39 is 0 Å². The van der Waals surface area contributed by atoms with Crippen LogP contribution in [0.5, 0.6) is 0 Å². The Bertz CT molecular complexity index is 316. The average molecular weight is 298 g/mol. The van der Waals surface area contributed by atoms with E-state index in [1.54, 1.807) is 0 Å². The fourth-order valence-corrected chi connectivity index (χ4v) is 4.65. The number of nitrogens with one attached hydrogen (secondary N) is 2. The molecule has 0 saturated heterocycles. The Kier molecular flexibility index (Phi) is 6.21. The van der Waals surface area contributed by atoms with Crippen molar-refractivity contribution in [1.82, 2.24) is 10.6 Å². The molecule has 2 aliphatic rings. The van der Waals surface area contributed by atoms with Crippen LogP contribution >= 0.6 is 11.8 Å². The smallest absolute Gasteiger partial charge is 0.222 e. The zero-order chi connectivity index (χ0) is 14.4. The van der Waals surface area contributed by atoms with E-state index in [1.807, 2.05) is 18.8 Å². The summed E-state index contributed by atoms with van der Waals surface area (Å²) in [6.45, 7) is 0. The number of thioether (sulfide) groups is 1. The van der Waals surface area contributed by atoms with Crippen LogP contribution < -0.4 is 10.6 Å². The van der Waals surface area contributed by atoms with E-state index in [0.29, 0.717) is 12.5 Å². The van der Waals surface area contributed by atoms with Crippen LogP contribution in [0.2, 0.25) is 0 Å². The van der Waals surface area contributed by atoms with E-state index in [9.17, 15) is 4.79 Å². The van der Waals surface area contributed by atoms with Gasteiger partial charge < -0.3 is 10.6 Å². The monoisotopic (exact) mass is 298 g/mol. The predicted octanol–water partition coefficient (Wildman–Crippen LogP) is 3.09. The first-order valence-electron chi connectivity index (χ1n) is 8.18. The maximum absolute atomic E-state index is 12.4. The molecule has 2 saturated carbocycles. The molecule has 0 aromatic carbocycles. The van der Waals surface area contributed by atoms with Crippen LogP contribution in [0.25, 0.3) is 0 Å². The summed E-state index contributed by atoms with van der Waals surface area (Å²) in [6, 6.07) is 0.409. The largest absolute Gasteiger partial charge is 0.353 e. The van der Waals surface area contributed by atoms with Gasteiger partial charge in [-0.05, 0) is 45.4 Å². The third kappa shape index (κ3) is 4.39. The van der Waals surface area contributed by atoms with E-state index in [4.69, 9.17) is 0 Å². The number of carbonyl (C=O) groups excluding carboxylic acids is 1. The Morgan fingerprint density at radius 2 is 1.95 bits per heavy atom. The quantitative estimate of drug-likeness (QED) is 0.819. The van der Waals surface area contributed by atoms with Gasteiger partial charge in [-0.3, -0.25) is 4.79 Å². The SMILES string of the molecule is CNC1(CC(=O)NC2CCCC(SC)C2)CCCCC1. The molecule has 0 aromatic rings. The number of carbonyl (C=O) groups is 1. The highest BCUT2D eigenvalue weighted by molar-refractivity contribution is 7.99. The third-order valence-corrected chi connectivity index (χ3v) is 6.26. The average Bonchev–Trinajstić information content (AvgIpc) is 2.48. The summed E-state index contributed by atoms with van der Waals surface area (Å²) in [6.07, 6.45) is 13.9. The zero-order valence-corrected chi connectivity index (χ0v) is 13.9. The molecule has 2 unspecified atom stereocenters. The summed E-state index contributed by atoms with van der Waals surface area (Å²) in [5.74, 6) is 0.257. The number of hydrogen-bond acceptors (Lipinski definition) is 3. The molecule has 0 spiro atoms. The van der Waals surface area contributed by atoms with E-state index in [2.05, 4.69) is 16.9 Å². The van der Waals surface area contributed by atoms with Crippen molar-refractivity contribution in [1.29, 1.82) is 0 Å². The van der Waals surface area contributed by atoms with Gasteiger partial charge in [0.15, 0.2) is 0 Å². The predicted molar refractivity (Wildman–Crippen MR) is 87.2 cm³/mol. The lowest BCUT2D eigenvalue weighted by Crippen LogP contribution is -2.50. The number of rotatable bonds is 5. The first kappa shape index (κ1) is 16.2. The molecule has 1 amide bonds. The van der Waals surface area contributed by atoms with Gasteiger partial charge in [-0.2, -0.15) is 11.8 Å². The number of hydrogen-bond donors (Lipinski definition) is 2. The van der Waals surface area contributed by atoms with Crippen molar-refractivity contribution in [2.75, 3.05) is 13.3 Å². The summed E-state index contributed by atoms with van der Waals surface area (Å²) >= 11 is 1.95. The molecule has 0 bridgehead atoms. The van der Waals surface area contributed by atoms with E-state index in [-0.39, 0.29) is 11.4 Å². The molecule has 116 valence electrons. The molecule has 2 aliphatic carbocycles. The second-order valence-corrected chi connectivity index (χ2v) is 7.69. The van der Waals surface area contributed by atoms with Gasteiger partial charge in [0, 0.05) is 23.3 Å². The third-order valence-electron chi connectivity index (χ3n) is 5.16. The highest BCUT2D eigenvalue weighted by Crippen LogP contribution is 2.31. The molecule has 2 atom stereocenters. The first-order valence-corrected chi connectivity index (χ1v) is 9.47. The van der Waals surface area contributed by atoms with Crippen LogP contribution in [0.15, 0.2) is 0 Å². The fourth-order valence-electron chi connectivity index (χ4n) is 3.82. The van der Waals surface area contributed by atoms with Crippen molar-refractivity contribution in [2.45, 2.75) is 81.0 Å². The maximum atomic E-state index is 12.4. The highest BCUT2D eigenvalue weighted by atomic mass is 32.2. The van der Waals surface area contributed by atoms with Crippen LogP contribution in [0.1, 0.15) is 64.2 Å². The molecule has 2 fully saturated rings. The van der Waals surface area contributed by atoms with Gasteiger partial charge in [-0.25, -0.2) is 0 Å². The van der Waals surface area contributed by atoms with Gasteiger partial charge in [0.1, 0.15) is 0 Å². The molecular formula is C16H30N2OS. The molecular weight excluding hydrogens is 268 g/mol. The van der Waals surface area contributed by atoms with Crippen LogP contribution in [0, 0.1) is 0 Å². The molecule has 0 aliphatic heterocycles. The molecule has 2 N–H and O–H groups in total. The first-order chi connectivity index (χ1) is 9.67. The zero-order valence-electron chi connectivity index (χ0n) is 13.0. The van der Waals surface area contributed by atoms with Gasteiger partial charge in [-0.15, -0.1) is 0 Å². The van der Waals surface area contributed by atoms with Crippen molar-refractivity contribution in [3.05, 3.63) is 0 Å². The standard InChI is InChI=1S/C16H30N2OS/c1-17-16(9-4-3-5-10-16)12-15(19)18-13-7-6-8-14(11-13)20-2/h13-14,17H,3-12H2,1-2H3,(H,18,19). The molecule has 20 heavy (non-hydrogen) atoms. The number of amides is 1. The van der Waals surface area contributed by atoms with Gasteiger partial charge in [0.05, 0.1) is 0 Å². The summed E-state index contributed by atoms with van der Waals surface area (Å²) in [4.78, 5) is 12.4. The highest BCUT2D eigenvalue weighted by Gasteiger charge is 2.33. The van der Waals surface area contributed by atoms with Crippen molar-refractivity contribution in [2.24, 2.45) is 0 Å². The Morgan fingerprint density at radius 3 is 2.60 bits per heavy atom. The molecule has 0 aromatic heterocycles. The topological polar surface area (TPSA) is 41.1 Å². The van der Waals surface area contributed by atoms with Gasteiger partial charge >= 0.3 is 0 Å². The van der Waals surface area contributed by atoms with Crippen LogP contribution in [0.4, 0.5) is 0 Å². The summed E-state index contributed by atoms with van der Waals surface area (Å²) in [7, 11) is 2.02. The Morgan fingerprint density at radius 1 is 1.20 bits per heavy atom. The van der Waals surface area contributed by atoms with Crippen LogP contribution in [-0.4, -0.2) is 36.0 Å². The summed E-state index contributed by atoms with van der Waals surface area (Å²) in [5, 5.41) is 7.48. The Hall–Kier alpha value is -0.220.